The molecule has 0 aliphatic heterocycles. The molecule has 196 valence electrons. The predicted octanol–water partition coefficient (Wildman–Crippen LogP) is 7.52. The minimum Gasteiger partial charge on any atom is -0.463 e. The SMILES string of the molecule is CCCCCCCCCCCCC(=O)OC[C@H](O)COC(=O)CCCCCCCCC(C)C. The number of hydrogen-bond donors (Lipinski definition) is 1. The van der Waals surface area contributed by atoms with Crippen molar-refractivity contribution in [3.63, 3.8) is 0 Å². The van der Waals surface area contributed by atoms with Gasteiger partial charge in [0.25, 0.3) is 0 Å². The number of ether oxygens (including phenoxy) is 2. The first kappa shape index (κ1) is 31.9. The maximum Gasteiger partial charge on any atom is 0.305 e. The van der Waals surface area contributed by atoms with Gasteiger partial charge < -0.3 is 14.6 Å². The lowest BCUT2D eigenvalue weighted by Crippen LogP contribution is -2.25. The highest BCUT2D eigenvalue weighted by Crippen LogP contribution is 2.13. The average Bonchev–Trinajstić information content (AvgIpc) is 2.79. The second kappa shape index (κ2) is 24.0. The van der Waals surface area contributed by atoms with Crippen LogP contribution in [0.15, 0.2) is 0 Å². The summed E-state index contributed by atoms with van der Waals surface area (Å²) in [5.74, 6) is 0.210. The number of carbonyl (C=O) groups excluding carboxylic acids is 2. The molecule has 0 amide bonds. The van der Waals surface area contributed by atoms with Crippen LogP contribution in [-0.4, -0.2) is 36.4 Å². The molecule has 0 aromatic heterocycles. The molecule has 0 bridgehead atoms. The van der Waals surface area contributed by atoms with Gasteiger partial charge in [0.15, 0.2) is 0 Å². The highest BCUT2D eigenvalue weighted by atomic mass is 16.6. The van der Waals surface area contributed by atoms with Crippen molar-refractivity contribution >= 4 is 11.9 Å². The molecular formula is C28H54O5. The molecule has 0 aromatic carbocycles. The fraction of sp³-hybridized carbons (Fsp3) is 0.929. The van der Waals surface area contributed by atoms with Crippen LogP contribution in [0.1, 0.15) is 143 Å². The Labute approximate surface area is 204 Å². The van der Waals surface area contributed by atoms with E-state index >= 15 is 0 Å². The molecule has 0 aromatic rings. The minimum atomic E-state index is -0.952. The molecule has 1 N–H and O–H groups in total. The smallest absolute Gasteiger partial charge is 0.305 e. The molecule has 0 radical (unpaired) electrons. The Hall–Kier alpha value is -1.10. The van der Waals surface area contributed by atoms with Crippen molar-refractivity contribution in [2.24, 2.45) is 5.92 Å². The van der Waals surface area contributed by atoms with Gasteiger partial charge in [-0.05, 0) is 18.8 Å². The molecule has 0 rings (SSSR count). The molecule has 0 saturated carbocycles. The van der Waals surface area contributed by atoms with Gasteiger partial charge in [-0.3, -0.25) is 9.59 Å². The Morgan fingerprint density at radius 2 is 0.970 bits per heavy atom. The summed E-state index contributed by atoms with van der Waals surface area (Å²) in [5, 5.41) is 9.87. The number of carbonyl (C=O) groups is 2. The molecule has 33 heavy (non-hydrogen) atoms. The van der Waals surface area contributed by atoms with Crippen molar-refractivity contribution in [3.8, 4) is 0 Å². The summed E-state index contributed by atoms with van der Waals surface area (Å²) in [5.41, 5.74) is 0. The van der Waals surface area contributed by atoms with Crippen molar-refractivity contribution in [2.75, 3.05) is 13.2 Å². The van der Waals surface area contributed by atoms with Gasteiger partial charge in [-0.1, -0.05) is 117 Å². The molecule has 1 atom stereocenters. The van der Waals surface area contributed by atoms with Crippen LogP contribution in [-0.2, 0) is 19.1 Å². The summed E-state index contributed by atoms with van der Waals surface area (Å²) >= 11 is 0. The van der Waals surface area contributed by atoms with Crippen LogP contribution < -0.4 is 0 Å². The van der Waals surface area contributed by atoms with Crippen molar-refractivity contribution in [1.82, 2.24) is 0 Å². The molecule has 0 aliphatic rings. The molecular weight excluding hydrogens is 416 g/mol. The van der Waals surface area contributed by atoms with E-state index in [1.807, 2.05) is 0 Å². The van der Waals surface area contributed by atoms with Crippen molar-refractivity contribution < 1.29 is 24.2 Å². The standard InChI is InChI=1S/C28H54O5/c1-4-5-6-7-8-9-10-11-15-18-21-27(30)32-23-26(29)24-33-28(31)22-19-16-13-12-14-17-20-25(2)3/h25-26,29H,4-24H2,1-3H3/t26-/m0/s1. The van der Waals surface area contributed by atoms with Gasteiger partial charge in [0.2, 0.25) is 0 Å². The Balaban J connectivity index is 3.46. The Kier molecular flexibility index (Phi) is 23.2. The number of rotatable bonds is 24. The van der Waals surface area contributed by atoms with E-state index in [-0.39, 0.29) is 25.2 Å². The second-order valence-electron chi connectivity index (χ2n) is 10.0. The highest BCUT2D eigenvalue weighted by molar-refractivity contribution is 5.69. The van der Waals surface area contributed by atoms with E-state index in [4.69, 9.17) is 9.47 Å². The van der Waals surface area contributed by atoms with E-state index in [1.165, 1.54) is 70.6 Å². The lowest BCUT2D eigenvalue weighted by Gasteiger charge is -2.12. The summed E-state index contributed by atoms with van der Waals surface area (Å²) in [6.07, 6.45) is 20.2. The number of unbranched alkanes of at least 4 members (excludes halogenated alkanes) is 14. The quantitative estimate of drug-likeness (QED) is 0.117. The summed E-state index contributed by atoms with van der Waals surface area (Å²) in [4.78, 5) is 23.6. The van der Waals surface area contributed by atoms with E-state index in [2.05, 4.69) is 20.8 Å². The van der Waals surface area contributed by atoms with Gasteiger partial charge in [-0.15, -0.1) is 0 Å². The number of hydrogen-bond acceptors (Lipinski definition) is 5. The maximum absolute atomic E-state index is 11.8. The largest absolute Gasteiger partial charge is 0.463 e. The zero-order valence-electron chi connectivity index (χ0n) is 22.1. The predicted molar refractivity (Wildman–Crippen MR) is 136 cm³/mol. The third-order valence-corrected chi connectivity index (χ3v) is 6.02. The molecule has 5 heteroatoms. The van der Waals surface area contributed by atoms with Crippen LogP contribution in [0, 0.1) is 5.92 Å². The van der Waals surface area contributed by atoms with E-state index < -0.39 is 6.10 Å². The first-order valence-corrected chi connectivity index (χ1v) is 13.9. The second-order valence-corrected chi connectivity index (χ2v) is 10.0. The third-order valence-electron chi connectivity index (χ3n) is 6.02. The Morgan fingerprint density at radius 1 is 0.606 bits per heavy atom. The van der Waals surface area contributed by atoms with Gasteiger partial charge in [-0.2, -0.15) is 0 Å². The Morgan fingerprint density at radius 3 is 1.36 bits per heavy atom. The Bertz CT molecular complexity index is 450. The van der Waals surface area contributed by atoms with Crippen LogP contribution in [0.4, 0.5) is 0 Å². The minimum absolute atomic E-state index is 0.111. The molecule has 5 nitrogen and oxygen atoms in total. The first-order valence-electron chi connectivity index (χ1n) is 13.9. The molecule has 0 aliphatic carbocycles. The monoisotopic (exact) mass is 470 g/mol. The van der Waals surface area contributed by atoms with Gasteiger partial charge in [0, 0.05) is 12.8 Å². The average molecular weight is 471 g/mol. The molecule has 0 fully saturated rings. The van der Waals surface area contributed by atoms with E-state index in [0.717, 1.165) is 44.4 Å². The van der Waals surface area contributed by atoms with Gasteiger partial charge in [0.05, 0.1) is 0 Å². The molecule has 0 saturated heterocycles. The van der Waals surface area contributed by atoms with Crippen molar-refractivity contribution in [3.05, 3.63) is 0 Å². The number of aliphatic hydroxyl groups excluding tert-OH is 1. The summed E-state index contributed by atoms with van der Waals surface area (Å²) in [7, 11) is 0. The van der Waals surface area contributed by atoms with Gasteiger partial charge in [-0.25, -0.2) is 0 Å². The zero-order chi connectivity index (χ0) is 24.6. The number of esters is 2. The fourth-order valence-electron chi connectivity index (χ4n) is 3.86. The van der Waals surface area contributed by atoms with Crippen molar-refractivity contribution in [1.29, 1.82) is 0 Å². The third kappa shape index (κ3) is 25.4. The summed E-state index contributed by atoms with van der Waals surface area (Å²) in [6, 6.07) is 0. The molecule has 0 unspecified atom stereocenters. The lowest BCUT2D eigenvalue weighted by molar-refractivity contribution is -0.152. The summed E-state index contributed by atoms with van der Waals surface area (Å²) in [6.45, 7) is 6.53. The normalized spacial score (nSPS) is 12.2. The van der Waals surface area contributed by atoms with E-state index in [0.29, 0.717) is 12.8 Å². The van der Waals surface area contributed by atoms with Crippen molar-refractivity contribution in [2.45, 2.75) is 149 Å². The van der Waals surface area contributed by atoms with Crippen LogP contribution in [0.25, 0.3) is 0 Å². The highest BCUT2D eigenvalue weighted by Gasteiger charge is 2.12. The maximum atomic E-state index is 11.8. The fourth-order valence-corrected chi connectivity index (χ4v) is 3.86. The van der Waals surface area contributed by atoms with E-state index in [1.54, 1.807) is 0 Å². The first-order chi connectivity index (χ1) is 16.0. The number of aliphatic hydroxyl groups is 1. The summed E-state index contributed by atoms with van der Waals surface area (Å²) < 4.78 is 10.2. The molecule has 0 heterocycles. The van der Waals surface area contributed by atoms with Gasteiger partial charge >= 0.3 is 11.9 Å². The van der Waals surface area contributed by atoms with Crippen LogP contribution in [0.5, 0.6) is 0 Å². The van der Waals surface area contributed by atoms with Crippen LogP contribution in [0.2, 0.25) is 0 Å². The van der Waals surface area contributed by atoms with E-state index in [9.17, 15) is 14.7 Å². The van der Waals surface area contributed by atoms with Crippen LogP contribution >= 0.6 is 0 Å². The van der Waals surface area contributed by atoms with Gasteiger partial charge in [0.1, 0.15) is 19.3 Å². The topological polar surface area (TPSA) is 72.8 Å². The molecule has 0 spiro atoms. The van der Waals surface area contributed by atoms with Crippen LogP contribution in [0.3, 0.4) is 0 Å². The zero-order valence-corrected chi connectivity index (χ0v) is 22.1. The lowest BCUT2D eigenvalue weighted by atomic mass is 10.0.